The summed E-state index contributed by atoms with van der Waals surface area (Å²) in [7, 11) is 0. The Hall–Kier alpha value is -0.590. The first-order chi connectivity index (χ1) is 4.22. The van der Waals surface area contributed by atoms with Crippen LogP contribution >= 0.6 is 0 Å². The van der Waals surface area contributed by atoms with Gasteiger partial charge in [0.05, 0.1) is 0 Å². The van der Waals surface area contributed by atoms with Gasteiger partial charge in [-0.3, -0.25) is 0 Å². The summed E-state index contributed by atoms with van der Waals surface area (Å²) in [6.07, 6.45) is 4.07. The van der Waals surface area contributed by atoms with E-state index in [0.717, 1.165) is 12.7 Å². The Morgan fingerprint density at radius 1 is 1.67 bits per heavy atom. The molecule has 0 aromatic carbocycles. The van der Waals surface area contributed by atoms with E-state index in [9.17, 15) is 4.79 Å². The van der Waals surface area contributed by atoms with E-state index in [1.807, 2.05) is 13.8 Å². The number of hydrogen-bond donors (Lipinski definition) is 0. The lowest BCUT2D eigenvalue weighted by Gasteiger charge is -2.00. The van der Waals surface area contributed by atoms with Crippen molar-refractivity contribution in [3.63, 3.8) is 0 Å². The molecule has 0 aliphatic rings. The van der Waals surface area contributed by atoms with Crippen molar-refractivity contribution >= 4 is 6.29 Å². The standard InChI is InChI=1S/C8H14O/c1-4-5-7(2)8(3)6-9/h5-6,8H,4H2,1-3H3. The molecule has 0 heterocycles. The largest absolute Gasteiger partial charge is 0.303 e. The number of hydrogen-bond acceptors (Lipinski definition) is 1. The van der Waals surface area contributed by atoms with E-state index in [-0.39, 0.29) is 5.92 Å². The quantitative estimate of drug-likeness (QED) is 0.418. The highest BCUT2D eigenvalue weighted by atomic mass is 16.1. The Kier molecular flexibility index (Phi) is 4.02. The lowest BCUT2D eigenvalue weighted by atomic mass is 10.0. The van der Waals surface area contributed by atoms with Crippen LogP contribution in [0.1, 0.15) is 27.2 Å². The molecule has 0 amide bonds. The minimum absolute atomic E-state index is 0.102. The summed E-state index contributed by atoms with van der Waals surface area (Å²) < 4.78 is 0. The van der Waals surface area contributed by atoms with Crippen LogP contribution in [-0.4, -0.2) is 6.29 Å². The van der Waals surface area contributed by atoms with Gasteiger partial charge in [-0.1, -0.05) is 25.5 Å². The van der Waals surface area contributed by atoms with E-state index in [1.54, 1.807) is 0 Å². The second-order valence-electron chi connectivity index (χ2n) is 2.28. The van der Waals surface area contributed by atoms with Gasteiger partial charge in [-0.05, 0) is 13.3 Å². The minimum atomic E-state index is 0.102. The number of carbonyl (C=O) groups excluding carboxylic acids is 1. The first-order valence-electron chi connectivity index (χ1n) is 3.34. The molecule has 0 radical (unpaired) electrons. The highest BCUT2D eigenvalue weighted by molar-refractivity contribution is 5.57. The third-order valence-corrected chi connectivity index (χ3v) is 1.45. The fourth-order valence-electron chi connectivity index (χ4n) is 0.615. The summed E-state index contributed by atoms with van der Waals surface area (Å²) in [5.41, 5.74) is 1.17. The minimum Gasteiger partial charge on any atom is -0.303 e. The van der Waals surface area contributed by atoms with E-state index in [1.165, 1.54) is 5.57 Å². The van der Waals surface area contributed by atoms with Crippen LogP contribution in [0.2, 0.25) is 0 Å². The van der Waals surface area contributed by atoms with Crippen LogP contribution in [0.25, 0.3) is 0 Å². The van der Waals surface area contributed by atoms with E-state index < -0.39 is 0 Å². The Morgan fingerprint density at radius 2 is 2.22 bits per heavy atom. The van der Waals surface area contributed by atoms with Gasteiger partial charge < -0.3 is 4.79 Å². The smallest absolute Gasteiger partial charge is 0.126 e. The normalized spacial score (nSPS) is 15.2. The van der Waals surface area contributed by atoms with E-state index in [4.69, 9.17) is 0 Å². The fraction of sp³-hybridized carbons (Fsp3) is 0.625. The van der Waals surface area contributed by atoms with Gasteiger partial charge in [0.15, 0.2) is 0 Å². The Balaban J connectivity index is 3.84. The summed E-state index contributed by atoms with van der Waals surface area (Å²) in [4.78, 5) is 10.2. The van der Waals surface area contributed by atoms with Gasteiger partial charge >= 0.3 is 0 Å². The third kappa shape index (κ3) is 3.07. The molecule has 0 N–H and O–H groups in total. The predicted octanol–water partition coefficient (Wildman–Crippen LogP) is 2.18. The molecule has 1 heteroatoms. The molecule has 0 aromatic rings. The molecule has 1 unspecified atom stereocenters. The van der Waals surface area contributed by atoms with Crippen LogP contribution in [0.3, 0.4) is 0 Å². The van der Waals surface area contributed by atoms with Gasteiger partial charge in [-0.15, -0.1) is 0 Å². The van der Waals surface area contributed by atoms with E-state index in [0.29, 0.717) is 0 Å². The van der Waals surface area contributed by atoms with E-state index in [2.05, 4.69) is 13.0 Å². The Labute approximate surface area is 56.8 Å². The van der Waals surface area contributed by atoms with Crippen molar-refractivity contribution < 1.29 is 4.79 Å². The molecular formula is C8H14O. The Morgan fingerprint density at radius 3 is 2.56 bits per heavy atom. The van der Waals surface area contributed by atoms with Crippen molar-refractivity contribution in [1.29, 1.82) is 0 Å². The summed E-state index contributed by atoms with van der Waals surface area (Å²) in [6.45, 7) is 5.97. The molecule has 0 saturated carbocycles. The van der Waals surface area contributed by atoms with Crippen LogP contribution in [-0.2, 0) is 4.79 Å². The van der Waals surface area contributed by atoms with Crippen molar-refractivity contribution in [3.05, 3.63) is 11.6 Å². The molecule has 9 heavy (non-hydrogen) atoms. The summed E-state index contributed by atoms with van der Waals surface area (Å²) in [5, 5.41) is 0. The molecule has 1 atom stereocenters. The molecule has 0 fully saturated rings. The predicted molar refractivity (Wildman–Crippen MR) is 39.3 cm³/mol. The molecule has 0 bridgehead atoms. The number of allylic oxidation sites excluding steroid dienone is 2. The van der Waals surface area contributed by atoms with Crippen LogP contribution < -0.4 is 0 Å². The molecular weight excluding hydrogens is 112 g/mol. The van der Waals surface area contributed by atoms with E-state index >= 15 is 0 Å². The first kappa shape index (κ1) is 8.41. The number of carbonyl (C=O) groups is 1. The fourth-order valence-corrected chi connectivity index (χ4v) is 0.615. The van der Waals surface area contributed by atoms with Gasteiger partial charge in [0.1, 0.15) is 6.29 Å². The van der Waals surface area contributed by atoms with Crippen LogP contribution in [0.5, 0.6) is 0 Å². The topological polar surface area (TPSA) is 17.1 Å². The zero-order valence-corrected chi connectivity index (χ0v) is 6.35. The van der Waals surface area contributed by atoms with Crippen LogP contribution in [0.15, 0.2) is 11.6 Å². The molecule has 0 aliphatic carbocycles. The molecule has 0 saturated heterocycles. The van der Waals surface area contributed by atoms with Gasteiger partial charge in [0.25, 0.3) is 0 Å². The van der Waals surface area contributed by atoms with Gasteiger partial charge in [0, 0.05) is 5.92 Å². The molecule has 52 valence electrons. The average molecular weight is 126 g/mol. The molecule has 0 rings (SSSR count). The van der Waals surface area contributed by atoms with Crippen molar-refractivity contribution in [3.8, 4) is 0 Å². The summed E-state index contributed by atoms with van der Waals surface area (Å²) in [5.74, 6) is 0.102. The maximum Gasteiger partial charge on any atom is 0.126 e. The zero-order valence-electron chi connectivity index (χ0n) is 6.35. The van der Waals surface area contributed by atoms with Crippen molar-refractivity contribution in [1.82, 2.24) is 0 Å². The molecule has 0 aliphatic heterocycles. The lowest BCUT2D eigenvalue weighted by molar-refractivity contribution is -0.109. The summed E-state index contributed by atoms with van der Waals surface area (Å²) in [6, 6.07) is 0. The molecule has 0 aromatic heterocycles. The maximum absolute atomic E-state index is 10.2. The summed E-state index contributed by atoms with van der Waals surface area (Å²) >= 11 is 0. The Bertz CT molecular complexity index is 114. The lowest BCUT2D eigenvalue weighted by Crippen LogP contribution is -1.96. The van der Waals surface area contributed by atoms with Crippen LogP contribution in [0.4, 0.5) is 0 Å². The van der Waals surface area contributed by atoms with Crippen molar-refractivity contribution in [2.45, 2.75) is 27.2 Å². The second-order valence-corrected chi connectivity index (χ2v) is 2.28. The van der Waals surface area contributed by atoms with Crippen molar-refractivity contribution in [2.75, 3.05) is 0 Å². The number of aldehydes is 1. The van der Waals surface area contributed by atoms with Crippen molar-refractivity contribution in [2.24, 2.45) is 5.92 Å². The first-order valence-corrected chi connectivity index (χ1v) is 3.34. The monoisotopic (exact) mass is 126 g/mol. The van der Waals surface area contributed by atoms with Gasteiger partial charge in [0.2, 0.25) is 0 Å². The molecule has 0 spiro atoms. The third-order valence-electron chi connectivity index (χ3n) is 1.45. The second kappa shape index (κ2) is 4.30. The highest BCUT2D eigenvalue weighted by Crippen LogP contribution is 2.06. The number of rotatable bonds is 3. The maximum atomic E-state index is 10.2. The highest BCUT2D eigenvalue weighted by Gasteiger charge is 1.98. The van der Waals surface area contributed by atoms with Gasteiger partial charge in [-0.2, -0.15) is 0 Å². The zero-order chi connectivity index (χ0) is 7.28. The SMILES string of the molecule is CCC=C(C)C(C)C=O. The average Bonchev–Trinajstić information content (AvgIpc) is 1.87. The molecule has 1 nitrogen and oxygen atoms in total. The van der Waals surface area contributed by atoms with Gasteiger partial charge in [-0.25, -0.2) is 0 Å². The van der Waals surface area contributed by atoms with Crippen LogP contribution in [0, 0.1) is 5.92 Å².